The van der Waals surface area contributed by atoms with Gasteiger partial charge in [0.05, 0.1) is 5.69 Å². The molecule has 0 aliphatic carbocycles. The molecular formula is C28H22F3N3OS. The van der Waals surface area contributed by atoms with Crippen LogP contribution in [0.5, 0.6) is 0 Å². The molecule has 3 aromatic carbocycles. The summed E-state index contributed by atoms with van der Waals surface area (Å²) < 4.78 is 47.8. The van der Waals surface area contributed by atoms with Gasteiger partial charge in [-0.2, -0.15) is 13.2 Å². The summed E-state index contributed by atoms with van der Waals surface area (Å²) in [6.07, 6.45) is -3.54. The van der Waals surface area contributed by atoms with Crippen LogP contribution in [0.25, 0.3) is 39.4 Å². The van der Waals surface area contributed by atoms with E-state index in [2.05, 4.69) is 22.6 Å². The second-order valence-electron chi connectivity index (χ2n) is 8.60. The number of hydrogen-bond acceptors (Lipinski definition) is 4. The van der Waals surface area contributed by atoms with Gasteiger partial charge in [0.15, 0.2) is 17.3 Å². The van der Waals surface area contributed by atoms with Gasteiger partial charge in [-0.15, -0.1) is 12.6 Å². The minimum absolute atomic E-state index is 0.214. The summed E-state index contributed by atoms with van der Waals surface area (Å²) in [6, 6.07) is 21.1. The molecule has 2 heterocycles. The van der Waals surface area contributed by atoms with E-state index in [-0.39, 0.29) is 5.82 Å². The van der Waals surface area contributed by atoms with Gasteiger partial charge in [-0.1, -0.05) is 48.0 Å². The van der Waals surface area contributed by atoms with E-state index in [4.69, 9.17) is 4.42 Å². The van der Waals surface area contributed by atoms with Gasteiger partial charge in [0, 0.05) is 29.1 Å². The average molecular weight is 506 g/mol. The van der Waals surface area contributed by atoms with Crippen molar-refractivity contribution in [1.82, 2.24) is 14.5 Å². The molecule has 5 aromatic rings. The van der Waals surface area contributed by atoms with Crippen LogP contribution >= 0.6 is 12.6 Å². The third-order valence-electron chi connectivity index (χ3n) is 5.91. The molecule has 4 nitrogen and oxygen atoms in total. The number of aromatic nitrogens is 3. The van der Waals surface area contributed by atoms with Crippen molar-refractivity contribution in [1.29, 1.82) is 0 Å². The highest BCUT2D eigenvalue weighted by Crippen LogP contribution is 2.39. The molecule has 0 aliphatic heterocycles. The molecular weight excluding hydrogens is 483 g/mol. The van der Waals surface area contributed by atoms with Crippen molar-refractivity contribution in [3.8, 4) is 39.4 Å². The van der Waals surface area contributed by atoms with Gasteiger partial charge in [-0.25, -0.2) is 9.97 Å². The molecule has 0 saturated carbocycles. The lowest BCUT2D eigenvalue weighted by Crippen LogP contribution is -2.05. The first-order valence-electron chi connectivity index (χ1n) is 11.2. The largest absolute Gasteiger partial charge is 0.440 e. The average Bonchev–Trinajstić information content (AvgIpc) is 3.42. The zero-order valence-electron chi connectivity index (χ0n) is 19.8. The number of halogens is 3. The Balaban J connectivity index is 1.77. The van der Waals surface area contributed by atoms with Crippen molar-refractivity contribution in [2.45, 2.75) is 31.8 Å². The van der Waals surface area contributed by atoms with Gasteiger partial charge >= 0.3 is 6.18 Å². The van der Waals surface area contributed by atoms with E-state index in [0.29, 0.717) is 28.6 Å². The van der Waals surface area contributed by atoms with Crippen LogP contribution in [-0.4, -0.2) is 14.5 Å². The van der Waals surface area contributed by atoms with Crippen LogP contribution in [0.1, 0.15) is 23.0 Å². The lowest BCUT2D eigenvalue weighted by atomic mass is 9.97. The Morgan fingerprint density at radius 2 is 1.53 bits per heavy atom. The quantitative estimate of drug-likeness (QED) is 0.251. The highest BCUT2D eigenvalue weighted by molar-refractivity contribution is 7.80. The Morgan fingerprint density at radius 3 is 2.19 bits per heavy atom. The Hall–Kier alpha value is -3.78. The monoisotopic (exact) mass is 505 g/mol. The first kappa shape index (κ1) is 23.9. The first-order valence-corrected chi connectivity index (χ1v) is 11.7. The Bertz CT molecular complexity index is 1570. The molecule has 182 valence electrons. The summed E-state index contributed by atoms with van der Waals surface area (Å²) in [7, 11) is 0. The second-order valence-corrected chi connectivity index (χ2v) is 9.12. The molecule has 0 spiro atoms. The highest BCUT2D eigenvalue weighted by Gasteiger charge is 2.35. The number of hydrogen-bond donors (Lipinski definition) is 1. The Labute approximate surface area is 211 Å². The molecule has 0 atom stereocenters. The molecule has 0 fully saturated rings. The van der Waals surface area contributed by atoms with Gasteiger partial charge < -0.3 is 8.98 Å². The molecule has 0 unspecified atom stereocenters. The number of oxazole rings is 1. The topological polar surface area (TPSA) is 43.9 Å². The molecule has 0 saturated heterocycles. The Kier molecular flexibility index (Phi) is 6.00. The zero-order valence-corrected chi connectivity index (χ0v) is 20.7. The van der Waals surface area contributed by atoms with Gasteiger partial charge in [0.2, 0.25) is 0 Å². The molecule has 2 aromatic heterocycles. The van der Waals surface area contributed by atoms with Crippen LogP contribution in [0.15, 0.2) is 82.2 Å². The molecule has 0 amide bonds. The molecule has 0 radical (unpaired) electrons. The number of aryl methyl sites for hydroxylation is 3. The van der Waals surface area contributed by atoms with Crippen LogP contribution in [0, 0.1) is 20.8 Å². The van der Waals surface area contributed by atoms with Crippen molar-refractivity contribution >= 4 is 12.6 Å². The lowest BCUT2D eigenvalue weighted by Gasteiger charge is -2.14. The normalized spacial score (nSPS) is 11.8. The van der Waals surface area contributed by atoms with Crippen molar-refractivity contribution in [3.63, 3.8) is 0 Å². The van der Waals surface area contributed by atoms with E-state index in [0.717, 1.165) is 33.3 Å². The SMILES string of the molecule is Cc1ccc(-c2oc(C)nc2-c2cc(-c3cccc(S)c3)ccc2-n2cc(C(F)(F)F)nc2C)cc1. The molecule has 0 aliphatic rings. The van der Waals surface area contributed by atoms with Crippen molar-refractivity contribution < 1.29 is 17.6 Å². The fourth-order valence-electron chi connectivity index (χ4n) is 4.16. The predicted molar refractivity (Wildman–Crippen MR) is 136 cm³/mol. The number of imidazole rings is 1. The molecule has 0 bridgehead atoms. The summed E-state index contributed by atoms with van der Waals surface area (Å²) >= 11 is 4.45. The van der Waals surface area contributed by atoms with Crippen LogP contribution in [0.2, 0.25) is 0 Å². The van der Waals surface area contributed by atoms with Crippen LogP contribution in [-0.2, 0) is 6.18 Å². The maximum absolute atomic E-state index is 13.5. The second kappa shape index (κ2) is 9.02. The van der Waals surface area contributed by atoms with Crippen molar-refractivity contribution in [2.24, 2.45) is 0 Å². The lowest BCUT2D eigenvalue weighted by molar-refractivity contribution is -0.141. The minimum atomic E-state index is -4.55. The molecule has 36 heavy (non-hydrogen) atoms. The molecule has 5 rings (SSSR count). The summed E-state index contributed by atoms with van der Waals surface area (Å²) in [5, 5.41) is 0. The number of alkyl halides is 3. The summed E-state index contributed by atoms with van der Waals surface area (Å²) in [6.45, 7) is 5.29. The van der Waals surface area contributed by atoms with E-state index in [1.165, 1.54) is 4.57 Å². The van der Waals surface area contributed by atoms with Gasteiger partial charge in [-0.05, 0) is 49.2 Å². The number of thiol groups is 1. The standard InChI is InChI=1S/C28H22F3N3OS/c1-16-7-9-19(10-8-16)27-26(33-18(3)35-27)23-14-21(20-5-4-6-22(36)13-20)11-12-24(23)34-15-25(28(29,30)31)32-17(34)2/h4-15,36H,1-3H3. The smallest absolute Gasteiger partial charge is 0.434 e. The third-order valence-corrected chi connectivity index (χ3v) is 6.19. The van der Waals surface area contributed by atoms with Crippen molar-refractivity contribution in [2.75, 3.05) is 0 Å². The van der Waals surface area contributed by atoms with Crippen LogP contribution < -0.4 is 0 Å². The fraction of sp³-hybridized carbons (Fsp3) is 0.143. The maximum Gasteiger partial charge on any atom is 0.434 e. The van der Waals surface area contributed by atoms with E-state index in [9.17, 15) is 13.2 Å². The fourth-order valence-corrected chi connectivity index (χ4v) is 4.39. The predicted octanol–water partition coefficient (Wildman–Crippen LogP) is 8.09. The van der Waals surface area contributed by atoms with Crippen molar-refractivity contribution in [3.05, 3.63) is 95.9 Å². The highest BCUT2D eigenvalue weighted by atomic mass is 32.1. The molecule has 8 heteroatoms. The van der Waals surface area contributed by atoms with E-state index in [1.54, 1.807) is 19.9 Å². The summed E-state index contributed by atoms with van der Waals surface area (Å²) in [5.41, 5.74) is 4.44. The minimum Gasteiger partial charge on any atom is -0.440 e. The number of benzene rings is 3. The Morgan fingerprint density at radius 1 is 0.833 bits per heavy atom. The van der Waals surface area contributed by atoms with Gasteiger partial charge in [0.1, 0.15) is 11.5 Å². The zero-order chi connectivity index (χ0) is 25.6. The number of nitrogens with zero attached hydrogens (tertiary/aromatic N) is 3. The number of rotatable bonds is 4. The van der Waals surface area contributed by atoms with E-state index < -0.39 is 11.9 Å². The van der Waals surface area contributed by atoms with Crippen LogP contribution in [0.3, 0.4) is 0 Å². The molecule has 0 N–H and O–H groups in total. The summed E-state index contributed by atoms with van der Waals surface area (Å²) in [5.74, 6) is 1.21. The van der Waals surface area contributed by atoms with Gasteiger partial charge in [-0.3, -0.25) is 0 Å². The van der Waals surface area contributed by atoms with Crippen LogP contribution in [0.4, 0.5) is 13.2 Å². The third kappa shape index (κ3) is 4.56. The van der Waals surface area contributed by atoms with E-state index >= 15 is 0 Å². The summed E-state index contributed by atoms with van der Waals surface area (Å²) in [4.78, 5) is 9.23. The van der Waals surface area contributed by atoms with E-state index in [1.807, 2.05) is 67.6 Å². The maximum atomic E-state index is 13.5. The van der Waals surface area contributed by atoms with Gasteiger partial charge in [0.25, 0.3) is 0 Å². The first-order chi connectivity index (χ1) is 17.1.